The average molecular weight is 519 g/mol. The average Bonchev–Trinajstić information content (AvgIpc) is 2.92. The van der Waals surface area contributed by atoms with Crippen LogP contribution in [0.5, 0.6) is 0 Å². The Kier molecular flexibility index (Phi) is 11.1. The summed E-state index contributed by atoms with van der Waals surface area (Å²) < 4.78 is 0. The maximum Gasteiger partial charge on any atom is 0.00237 e. The van der Waals surface area contributed by atoms with Crippen LogP contribution >= 0.6 is 39.4 Å². The van der Waals surface area contributed by atoms with Crippen LogP contribution < -0.4 is 21.2 Å². The maximum absolute atomic E-state index is 2.30. The largest absolute Gasteiger partial charge is 0.161 e. The van der Waals surface area contributed by atoms with Gasteiger partial charge in [-0.25, -0.2) is 0 Å². The molecule has 4 aromatic rings. The second-order valence-corrected chi connectivity index (χ2v) is 15.0. The van der Waals surface area contributed by atoms with Gasteiger partial charge in [-0.1, -0.05) is 121 Å². The summed E-state index contributed by atoms with van der Waals surface area (Å²) in [5, 5.41) is 5.98. The summed E-state index contributed by atoms with van der Waals surface area (Å²) in [6, 6.07) is 44.3. The van der Waals surface area contributed by atoms with E-state index in [1.165, 1.54) is 56.6 Å². The standard InChI is InChI=1S/C30H32P2S2/c1-5-13-27(14-6-1)31(28-15-7-2-8-16-28)21-23-33-25-26-34-24-22-32(29-17-9-3-10-18-29)30-19-11-4-12-20-30/h1-20H,21-26H2. The van der Waals surface area contributed by atoms with Crippen LogP contribution in [0.2, 0.25) is 0 Å². The molecule has 0 fully saturated rings. The Bertz CT molecular complexity index is 892. The van der Waals surface area contributed by atoms with Crippen molar-refractivity contribution in [1.82, 2.24) is 0 Å². The zero-order valence-corrected chi connectivity index (χ0v) is 22.9. The van der Waals surface area contributed by atoms with Crippen LogP contribution in [-0.2, 0) is 0 Å². The molecular formula is C30H32P2S2. The highest BCUT2D eigenvalue weighted by atomic mass is 32.2. The van der Waals surface area contributed by atoms with E-state index in [-0.39, 0.29) is 15.8 Å². The second-order valence-electron chi connectivity index (χ2n) is 7.87. The molecule has 0 amide bonds. The van der Waals surface area contributed by atoms with E-state index in [2.05, 4.69) is 145 Å². The summed E-state index contributed by atoms with van der Waals surface area (Å²) in [6.45, 7) is 0. The first-order chi connectivity index (χ1) is 16.9. The van der Waals surface area contributed by atoms with Gasteiger partial charge in [-0.3, -0.25) is 0 Å². The molecule has 0 bridgehead atoms. The van der Waals surface area contributed by atoms with E-state index in [1.54, 1.807) is 0 Å². The Hall–Kier alpha value is -1.56. The SMILES string of the molecule is c1ccc(P(CCSCCSCCP(c2ccccc2)c2ccccc2)c2ccccc2)cc1. The molecule has 0 saturated heterocycles. The Morgan fingerprint density at radius 3 is 0.882 bits per heavy atom. The van der Waals surface area contributed by atoms with E-state index in [1.807, 2.05) is 0 Å². The molecule has 0 spiro atoms. The number of thioether (sulfide) groups is 2. The highest BCUT2D eigenvalue weighted by molar-refractivity contribution is 8.03. The van der Waals surface area contributed by atoms with Crippen molar-refractivity contribution in [1.29, 1.82) is 0 Å². The fraction of sp³-hybridized carbons (Fsp3) is 0.200. The van der Waals surface area contributed by atoms with E-state index in [4.69, 9.17) is 0 Å². The fourth-order valence-electron chi connectivity index (χ4n) is 3.88. The predicted octanol–water partition coefficient (Wildman–Crippen LogP) is 6.72. The van der Waals surface area contributed by atoms with Crippen molar-refractivity contribution >= 4 is 60.6 Å². The summed E-state index contributed by atoms with van der Waals surface area (Å²) >= 11 is 4.25. The van der Waals surface area contributed by atoms with E-state index in [0.717, 1.165) is 0 Å². The molecular weight excluding hydrogens is 486 g/mol. The van der Waals surface area contributed by atoms with Gasteiger partial charge in [0, 0.05) is 11.5 Å². The third-order valence-corrected chi connectivity index (χ3v) is 13.4. The lowest BCUT2D eigenvalue weighted by molar-refractivity contribution is 1.45. The quantitative estimate of drug-likeness (QED) is 0.142. The molecule has 0 N–H and O–H groups in total. The topological polar surface area (TPSA) is 0 Å². The molecule has 34 heavy (non-hydrogen) atoms. The van der Waals surface area contributed by atoms with Crippen molar-refractivity contribution in [2.75, 3.05) is 35.3 Å². The van der Waals surface area contributed by atoms with Crippen molar-refractivity contribution in [3.8, 4) is 0 Å². The normalized spacial score (nSPS) is 11.2. The van der Waals surface area contributed by atoms with Gasteiger partial charge in [0.2, 0.25) is 0 Å². The summed E-state index contributed by atoms with van der Waals surface area (Å²) in [4.78, 5) is 0. The predicted molar refractivity (Wildman–Crippen MR) is 163 cm³/mol. The summed E-state index contributed by atoms with van der Waals surface area (Å²) in [6.07, 6.45) is 2.51. The summed E-state index contributed by atoms with van der Waals surface area (Å²) in [5.41, 5.74) is 0. The van der Waals surface area contributed by atoms with Gasteiger partial charge in [0.25, 0.3) is 0 Å². The lowest BCUT2D eigenvalue weighted by Crippen LogP contribution is -2.15. The van der Waals surface area contributed by atoms with Crippen LogP contribution in [0, 0.1) is 0 Å². The Morgan fingerprint density at radius 2 is 0.618 bits per heavy atom. The van der Waals surface area contributed by atoms with Crippen LogP contribution in [0.25, 0.3) is 0 Å². The van der Waals surface area contributed by atoms with Crippen molar-refractivity contribution in [3.05, 3.63) is 121 Å². The van der Waals surface area contributed by atoms with Crippen molar-refractivity contribution in [2.24, 2.45) is 0 Å². The maximum atomic E-state index is 2.30. The first kappa shape index (κ1) is 25.5. The fourth-order valence-corrected chi connectivity index (χ4v) is 11.5. The minimum Gasteiger partial charge on any atom is -0.161 e. The van der Waals surface area contributed by atoms with Crippen LogP contribution in [0.3, 0.4) is 0 Å². The number of hydrogen-bond acceptors (Lipinski definition) is 2. The minimum absolute atomic E-state index is 0.264. The smallest absolute Gasteiger partial charge is 0.00237 e. The van der Waals surface area contributed by atoms with Gasteiger partial charge in [0.05, 0.1) is 0 Å². The van der Waals surface area contributed by atoms with Gasteiger partial charge in [-0.05, 0) is 60.9 Å². The molecule has 174 valence electrons. The number of benzene rings is 4. The first-order valence-electron chi connectivity index (χ1n) is 11.8. The van der Waals surface area contributed by atoms with Gasteiger partial charge < -0.3 is 0 Å². The van der Waals surface area contributed by atoms with Crippen molar-refractivity contribution in [2.45, 2.75) is 0 Å². The van der Waals surface area contributed by atoms with E-state index in [9.17, 15) is 0 Å². The number of rotatable bonds is 13. The monoisotopic (exact) mass is 518 g/mol. The molecule has 0 saturated carbocycles. The Labute approximate surface area is 216 Å². The van der Waals surface area contributed by atoms with E-state index >= 15 is 0 Å². The number of hydrogen-bond donors (Lipinski definition) is 0. The highest BCUT2D eigenvalue weighted by Crippen LogP contribution is 2.35. The summed E-state index contributed by atoms with van der Waals surface area (Å²) in [5.74, 6) is 4.95. The van der Waals surface area contributed by atoms with E-state index < -0.39 is 0 Å². The lowest BCUT2D eigenvalue weighted by Gasteiger charge is -2.19. The first-order valence-corrected chi connectivity index (χ1v) is 17.2. The minimum atomic E-state index is -0.264. The van der Waals surface area contributed by atoms with Gasteiger partial charge >= 0.3 is 0 Å². The molecule has 0 atom stereocenters. The third kappa shape index (κ3) is 8.00. The zero-order chi connectivity index (χ0) is 23.3. The molecule has 0 aromatic heterocycles. The Balaban J connectivity index is 1.21. The molecule has 0 heterocycles. The van der Waals surface area contributed by atoms with Gasteiger partial charge in [0.1, 0.15) is 0 Å². The van der Waals surface area contributed by atoms with Crippen molar-refractivity contribution in [3.63, 3.8) is 0 Å². The molecule has 4 heteroatoms. The molecule has 0 nitrogen and oxygen atoms in total. The molecule has 4 aromatic carbocycles. The van der Waals surface area contributed by atoms with Crippen LogP contribution in [0.1, 0.15) is 0 Å². The highest BCUT2D eigenvalue weighted by Gasteiger charge is 2.14. The zero-order valence-electron chi connectivity index (χ0n) is 19.5. The third-order valence-electron chi connectivity index (χ3n) is 5.56. The molecule has 0 aliphatic carbocycles. The second kappa shape index (κ2) is 14.8. The molecule has 0 radical (unpaired) electrons. The Morgan fingerprint density at radius 1 is 0.353 bits per heavy atom. The van der Waals surface area contributed by atoms with Gasteiger partial charge in [-0.2, -0.15) is 23.5 Å². The molecule has 0 unspecified atom stereocenters. The summed E-state index contributed by atoms with van der Waals surface area (Å²) in [7, 11) is -0.527. The molecule has 4 rings (SSSR count). The van der Waals surface area contributed by atoms with Crippen LogP contribution in [0.4, 0.5) is 0 Å². The van der Waals surface area contributed by atoms with Crippen LogP contribution in [0.15, 0.2) is 121 Å². The van der Waals surface area contributed by atoms with Gasteiger partial charge in [-0.15, -0.1) is 0 Å². The van der Waals surface area contributed by atoms with E-state index in [0.29, 0.717) is 0 Å². The lowest BCUT2D eigenvalue weighted by atomic mass is 10.4. The molecule has 0 aliphatic rings. The van der Waals surface area contributed by atoms with Gasteiger partial charge in [0.15, 0.2) is 0 Å². The van der Waals surface area contributed by atoms with Crippen LogP contribution in [-0.4, -0.2) is 35.3 Å². The van der Waals surface area contributed by atoms with Crippen molar-refractivity contribution < 1.29 is 0 Å². The molecule has 0 aliphatic heterocycles.